The largest absolute Gasteiger partial charge is 0.369 e. The molecular weight excluding hydrogens is 219 g/mol. The van der Waals surface area contributed by atoms with Crippen molar-refractivity contribution in [2.24, 2.45) is 0 Å². The Morgan fingerprint density at radius 3 is 2.36 bits per heavy atom. The van der Waals surface area contributed by atoms with Gasteiger partial charge in [-0.1, -0.05) is 34.8 Å². The molecule has 0 heterocycles. The average Bonchev–Trinajstić information content (AvgIpc) is 1.85. The maximum absolute atomic E-state index is 11.5. The number of carbonyl (C=O) groups is 1. The highest BCUT2D eigenvalue weighted by Gasteiger charge is 2.31. The number of aliphatic hydroxyl groups excluding tert-OH is 1. The SMILES string of the molecule is O=C(CF)N[C@H](O)C(Cl)(Cl)Cl. The molecule has 0 unspecified atom stereocenters. The molecule has 0 aromatic rings. The number of carbonyl (C=O) groups excluding carboxylic acids is 1. The van der Waals surface area contributed by atoms with E-state index in [0.29, 0.717) is 0 Å². The first-order chi connectivity index (χ1) is 4.88. The molecule has 0 rings (SSSR count). The minimum atomic E-state index is -2.04. The number of aliphatic hydroxyl groups is 1. The number of nitrogens with one attached hydrogen (secondary N) is 1. The van der Waals surface area contributed by atoms with E-state index < -0.39 is 22.6 Å². The van der Waals surface area contributed by atoms with E-state index in [1.807, 2.05) is 0 Å². The van der Waals surface area contributed by atoms with Gasteiger partial charge in [0.15, 0.2) is 12.9 Å². The Morgan fingerprint density at radius 2 is 2.09 bits per heavy atom. The van der Waals surface area contributed by atoms with Gasteiger partial charge >= 0.3 is 0 Å². The standard InChI is InChI=1S/C4H5Cl3FNO2/c5-4(6,7)3(11)9-2(10)1-8/h3,11H,1H2,(H,9,10)/t3-/m1/s1. The summed E-state index contributed by atoms with van der Waals surface area (Å²) in [5.74, 6) is -1.04. The van der Waals surface area contributed by atoms with Crippen molar-refractivity contribution in [3.63, 3.8) is 0 Å². The monoisotopic (exact) mass is 223 g/mol. The molecule has 0 saturated carbocycles. The predicted molar refractivity (Wildman–Crippen MR) is 40.4 cm³/mol. The Bertz CT molecular complexity index is 149. The highest BCUT2D eigenvalue weighted by molar-refractivity contribution is 6.68. The summed E-state index contributed by atoms with van der Waals surface area (Å²) in [5.41, 5.74) is 0. The molecule has 0 radical (unpaired) electrons. The van der Waals surface area contributed by atoms with Crippen LogP contribution in [-0.2, 0) is 4.79 Å². The second kappa shape index (κ2) is 4.30. The van der Waals surface area contributed by atoms with Crippen molar-refractivity contribution in [3.05, 3.63) is 0 Å². The van der Waals surface area contributed by atoms with E-state index in [0.717, 1.165) is 0 Å². The normalized spacial score (nSPS) is 14.3. The van der Waals surface area contributed by atoms with Gasteiger partial charge in [0.25, 0.3) is 5.91 Å². The fourth-order valence-electron chi connectivity index (χ4n) is 0.273. The minimum absolute atomic E-state index is 1.04. The van der Waals surface area contributed by atoms with Gasteiger partial charge in [-0.15, -0.1) is 0 Å². The summed E-state index contributed by atoms with van der Waals surface area (Å²) >= 11 is 15.4. The predicted octanol–water partition coefficient (Wildman–Crippen LogP) is 0.761. The van der Waals surface area contributed by atoms with Crippen molar-refractivity contribution >= 4 is 40.7 Å². The van der Waals surface area contributed by atoms with Gasteiger partial charge < -0.3 is 10.4 Å². The number of hydrogen-bond donors (Lipinski definition) is 2. The van der Waals surface area contributed by atoms with Gasteiger partial charge in [-0.3, -0.25) is 4.79 Å². The summed E-state index contributed by atoms with van der Waals surface area (Å²) in [7, 11) is 0. The minimum Gasteiger partial charge on any atom is -0.369 e. The van der Waals surface area contributed by atoms with Crippen LogP contribution >= 0.6 is 34.8 Å². The van der Waals surface area contributed by atoms with Gasteiger partial charge in [-0.25, -0.2) is 4.39 Å². The molecule has 0 aliphatic rings. The van der Waals surface area contributed by atoms with E-state index in [9.17, 15) is 9.18 Å². The van der Waals surface area contributed by atoms with E-state index in [4.69, 9.17) is 39.9 Å². The highest BCUT2D eigenvalue weighted by Crippen LogP contribution is 2.28. The lowest BCUT2D eigenvalue weighted by molar-refractivity contribution is -0.124. The zero-order chi connectivity index (χ0) is 9.07. The van der Waals surface area contributed by atoms with Gasteiger partial charge in [0.05, 0.1) is 0 Å². The zero-order valence-electron chi connectivity index (χ0n) is 5.15. The average molecular weight is 224 g/mol. The van der Waals surface area contributed by atoms with Gasteiger partial charge in [0.1, 0.15) is 0 Å². The zero-order valence-corrected chi connectivity index (χ0v) is 7.42. The summed E-state index contributed by atoms with van der Waals surface area (Å²) in [6.45, 7) is -1.27. The number of amides is 1. The van der Waals surface area contributed by atoms with Gasteiger partial charge in [-0.2, -0.15) is 0 Å². The molecule has 0 aromatic heterocycles. The van der Waals surface area contributed by atoms with Gasteiger partial charge in [-0.05, 0) is 0 Å². The fraction of sp³-hybridized carbons (Fsp3) is 0.750. The summed E-state index contributed by atoms with van der Waals surface area (Å²) < 4.78 is 9.45. The van der Waals surface area contributed by atoms with Crippen molar-refractivity contribution < 1.29 is 14.3 Å². The van der Waals surface area contributed by atoms with Crippen LogP contribution in [0.1, 0.15) is 0 Å². The molecule has 1 amide bonds. The van der Waals surface area contributed by atoms with Crippen LogP contribution in [0, 0.1) is 0 Å². The molecule has 7 heteroatoms. The molecule has 0 saturated heterocycles. The van der Waals surface area contributed by atoms with Crippen LogP contribution in [-0.4, -0.2) is 27.7 Å². The molecule has 0 bridgehead atoms. The molecule has 3 nitrogen and oxygen atoms in total. The molecule has 66 valence electrons. The number of rotatable bonds is 2. The van der Waals surface area contributed by atoms with Crippen molar-refractivity contribution in [3.8, 4) is 0 Å². The lowest BCUT2D eigenvalue weighted by Gasteiger charge is -2.18. The third-order valence-electron chi connectivity index (χ3n) is 0.729. The Labute approximate surface area is 77.4 Å². The molecule has 11 heavy (non-hydrogen) atoms. The van der Waals surface area contributed by atoms with Crippen molar-refractivity contribution in [1.29, 1.82) is 0 Å². The first kappa shape index (κ1) is 11.2. The smallest absolute Gasteiger partial charge is 0.253 e. The summed E-state index contributed by atoms with van der Waals surface area (Å²) in [4.78, 5) is 10.2. The third-order valence-corrected chi connectivity index (χ3v) is 1.35. The molecule has 0 aromatic carbocycles. The lowest BCUT2D eigenvalue weighted by atomic mass is 10.5. The molecule has 2 N–H and O–H groups in total. The third kappa shape index (κ3) is 4.63. The van der Waals surface area contributed by atoms with Crippen molar-refractivity contribution in [2.75, 3.05) is 6.67 Å². The first-order valence-electron chi connectivity index (χ1n) is 2.48. The molecule has 1 atom stereocenters. The van der Waals surface area contributed by atoms with Crippen molar-refractivity contribution in [1.82, 2.24) is 5.32 Å². The quantitative estimate of drug-likeness (QED) is 0.537. The highest BCUT2D eigenvalue weighted by atomic mass is 35.6. The van der Waals surface area contributed by atoms with E-state index >= 15 is 0 Å². The van der Waals surface area contributed by atoms with Crippen LogP contribution in [0.3, 0.4) is 0 Å². The van der Waals surface area contributed by atoms with Crippen LogP contribution < -0.4 is 5.32 Å². The van der Waals surface area contributed by atoms with E-state index in [1.165, 1.54) is 0 Å². The maximum Gasteiger partial charge on any atom is 0.253 e. The summed E-state index contributed by atoms with van der Waals surface area (Å²) in [6, 6.07) is 0. The van der Waals surface area contributed by atoms with Crippen LogP contribution in [0.2, 0.25) is 0 Å². The molecule has 0 aliphatic carbocycles. The Hall–Kier alpha value is 0.230. The van der Waals surface area contributed by atoms with E-state index in [-0.39, 0.29) is 0 Å². The van der Waals surface area contributed by atoms with E-state index in [1.54, 1.807) is 5.32 Å². The molecule has 0 aliphatic heterocycles. The van der Waals surface area contributed by atoms with Gasteiger partial charge in [0.2, 0.25) is 3.79 Å². The molecule has 0 spiro atoms. The van der Waals surface area contributed by atoms with Crippen LogP contribution in [0.5, 0.6) is 0 Å². The van der Waals surface area contributed by atoms with E-state index in [2.05, 4.69) is 0 Å². The number of alkyl halides is 4. The maximum atomic E-state index is 11.5. The first-order valence-corrected chi connectivity index (χ1v) is 3.61. The second-order valence-corrected chi connectivity index (χ2v) is 4.01. The number of hydrogen-bond acceptors (Lipinski definition) is 2. The summed E-state index contributed by atoms with van der Waals surface area (Å²) in [6.07, 6.45) is -1.70. The van der Waals surface area contributed by atoms with Crippen molar-refractivity contribution in [2.45, 2.75) is 10.0 Å². The number of halogens is 4. The Morgan fingerprint density at radius 1 is 1.64 bits per heavy atom. The fourth-order valence-corrected chi connectivity index (χ4v) is 0.437. The second-order valence-electron chi connectivity index (χ2n) is 1.65. The lowest BCUT2D eigenvalue weighted by Crippen LogP contribution is -2.44. The molecule has 0 fully saturated rings. The Kier molecular flexibility index (Phi) is 4.39. The van der Waals surface area contributed by atoms with Crippen LogP contribution in [0.25, 0.3) is 0 Å². The topological polar surface area (TPSA) is 49.3 Å². The summed E-state index contributed by atoms with van der Waals surface area (Å²) in [5, 5.41) is 10.5. The van der Waals surface area contributed by atoms with Crippen LogP contribution in [0.15, 0.2) is 0 Å². The van der Waals surface area contributed by atoms with Gasteiger partial charge in [0, 0.05) is 0 Å². The Balaban J connectivity index is 3.87. The van der Waals surface area contributed by atoms with Crippen LogP contribution in [0.4, 0.5) is 4.39 Å². The molecular formula is C4H5Cl3FNO2.